The third-order valence-electron chi connectivity index (χ3n) is 7.23. The van der Waals surface area contributed by atoms with Crippen molar-refractivity contribution in [2.75, 3.05) is 43.0 Å². The zero-order chi connectivity index (χ0) is 27.6. The summed E-state index contributed by atoms with van der Waals surface area (Å²) in [6.45, 7) is 13.5. The van der Waals surface area contributed by atoms with Crippen LogP contribution in [0, 0.1) is 0 Å². The Bertz CT molecular complexity index is 1270. The summed E-state index contributed by atoms with van der Waals surface area (Å²) in [4.78, 5) is 21.7. The van der Waals surface area contributed by atoms with Crippen molar-refractivity contribution in [3.63, 3.8) is 0 Å². The van der Waals surface area contributed by atoms with Crippen LogP contribution in [0.15, 0.2) is 24.5 Å². The zero-order valence-corrected chi connectivity index (χ0v) is 23.9. The standard InChI is InChI=1S/C28H42N8O3/c1-6-38-20(2)35-18-21(17-29-35)23-12-13-24-31-26(32-36(24)25(23)33-14-8-7-9-15-33)30-22-11-10-16-34(19-22)27(37)39-28(3,4)5/h12-13,17-18,20,22H,6-11,14-16,19H2,1-5H3,(H,30,32)/t20?,22-/m1/s1. The summed E-state index contributed by atoms with van der Waals surface area (Å²) < 4.78 is 15.1. The molecule has 5 rings (SSSR count). The molecule has 0 radical (unpaired) electrons. The van der Waals surface area contributed by atoms with E-state index in [1.807, 2.05) is 62.3 Å². The van der Waals surface area contributed by atoms with Crippen molar-refractivity contribution in [3.8, 4) is 11.1 Å². The molecule has 2 fully saturated rings. The van der Waals surface area contributed by atoms with Crippen LogP contribution in [0.1, 0.15) is 73.0 Å². The average Bonchev–Trinajstić information content (AvgIpc) is 3.55. The number of hydrogen-bond acceptors (Lipinski definition) is 8. The molecule has 5 heterocycles. The number of piperidine rings is 2. The Balaban J connectivity index is 1.42. The first-order valence-electron chi connectivity index (χ1n) is 14.3. The fourth-order valence-corrected chi connectivity index (χ4v) is 5.39. The summed E-state index contributed by atoms with van der Waals surface area (Å²) in [5, 5.41) is 13.0. The highest BCUT2D eigenvalue weighted by molar-refractivity contribution is 5.78. The maximum Gasteiger partial charge on any atom is 0.410 e. The largest absolute Gasteiger partial charge is 0.444 e. The van der Waals surface area contributed by atoms with E-state index in [-0.39, 0.29) is 18.4 Å². The average molecular weight is 539 g/mol. The van der Waals surface area contributed by atoms with Crippen molar-refractivity contribution in [2.24, 2.45) is 0 Å². The second kappa shape index (κ2) is 11.4. The number of nitrogens with zero attached hydrogens (tertiary/aromatic N) is 7. The van der Waals surface area contributed by atoms with E-state index in [0.29, 0.717) is 25.6 Å². The maximum atomic E-state index is 12.6. The molecule has 0 aliphatic carbocycles. The van der Waals surface area contributed by atoms with Crippen molar-refractivity contribution < 1.29 is 14.3 Å². The smallest absolute Gasteiger partial charge is 0.410 e. The van der Waals surface area contributed by atoms with E-state index in [1.165, 1.54) is 6.42 Å². The Morgan fingerprint density at radius 2 is 1.95 bits per heavy atom. The first-order chi connectivity index (χ1) is 18.7. The molecule has 2 saturated heterocycles. The number of carbonyl (C=O) groups is 1. The van der Waals surface area contributed by atoms with Gasteiger partial charge in [-0.25, -0.2) is 9.48 Å². The van der Waals surface area contributed by atoms with Crippen LogP contribution in [0.2, 0.25) is 0 Å². The Morgan fingerprint density at radius 3 is 2.69 bits per heavy atom. The molecule has 2 atom stereocenters. The van der Waals surface area contributed by atoms with Crippen LogP contribution in [0.25, 0.3) is 16.8 Å². The van der Waals surface area contributed by atoms with Crippen molar-refractivity contribution in [1.29, 1.82) is 0 Å². The summed E-state index contributed by atoms with van der Waals surface area (Å²) in [5.41, 5.74) is 2.37. The summed E-state index contributed by atoms with van der Waals surface area (Å²) in [6.07, 6.45) is 8.92. The highest BCUT2D eigenvalue weighted by Gasteiger charge is 2.29. The molecule has 11 nitrogen and oxygen atoms in total. The minimum absolute atomic E-state index is 0.0554. The number of pyridine rings is 1. The van der Waals surface area contributed by atoms with Crippen molar-refractivity contribution >= 4 is 23.5 Å². The molecule has 1 unspecified atom stereocenters. The van der Waals surface area contributed by atoms with Gasteiger partial charge in [-0.1, -0.05) is 0 Å². The van der Waals surface area contributed by atoms with Crippen LogP contribution in [0.4, 0.5) is 16.6 Å². The number of amides is 1. The molecule has 1 N–H and O–H groups in total. The Morgan fingerprint density at radius 1 is 1.15 bits per heavy atom. The number of ether oxygens (including phenoxy) is 2. The second-order valence-electron chi connectivity index (χ2n) is 11.5. The van der Waals surface area contributed by atoms with E-state index in [4.69, 9.17) is 19.6 Å². The normalized spacial score (nSPS) is 19.4. The molecule has 212 valence electrons. The lowest BCUT2D eigenvalue weighted by atomic mass is 10.1. The van der Waals surface area contributed by atoms with Gasteiger partial charge < -0.3 is 24.6 Å². The van der Waals surface area contributed by atoms with Gasteiger partial charge in [0.05, 0.1) is 6.20 Å². The van der Waals surface area contributed by atoms with Crippen molar-refractivity contribution in [3.05, 3.63) is 24.5 Å². The lowest BCUT2D eigenvalue weighted by Crippen LogP contribution is -2.47. The van der Waals surface area contributed by atoms with E-state index in [0.717, 1.165) is 61.4 Å². The van der Waals surface area contributed by atoms with Gasteiger partial charge in [-0.15, -0.1) is 5.10 Å². The van der Waals surface area contributed by atoms with Gasteiger partial charge in [0.1, 0.15) is 17.6 Å². The molecule has 3 aromatic rings. The number of anilines is 2. The number of aromatic nitrogens is 5. The highest BCUT2D eigenvalue weighted by Crippen LogP contribution is 2.34. The topological polar surface area (TPSA) is 102 Å². The maximum absolute atomic E-state index is 12.6. The fraction of sp³-hybridized carbons (Fsp3) is 0.643. The van der Waals surface area contributed by atoms with Gasteiger partial charge in [0.25, 0.3) is 0 Å². The molecule has 3 aromatic heterocycles. The van der Waals surface area contributed by atoms with Crippen LogP contribution < -0.4 is 10.2 Å². The number of rotatable bonds is 7. The van der Waals surface area contributed by atoms with E-state index in [9.17, 15) is 4.79 Å². The Hall–Kier alpha value is -3.34. The fourth-order valence-electron chi connectivity index (χ4n) is 5.39. The van der Waals surface area contributed by atoms with E-state index < -0.39 is 5.60 Å². The summed E-state index contributed by atoms with van der Waals surface area (Å²) in [7, 11) is 0. The van der Waals surface area contributed by atoms with Crippen LogP contribution in [-0.4, -0.2) is 79.8 Å². The quantitative estimate of drug-likeness (QED) is 0.451. The van der Waals surface area contributed by atoms with E-state index >= 15 is 0 Å². The highest BCUT2D eigenvalue weighted by atomic mass is 16.6. The number of hydrogen-bond donors (Lipinski definition) is 1. The van der Waals surface area contributed by atoms with E-state index in [1.54, 1.807) is 4.90 Å². The Kier molecular flexibility index (Phi) is 7.97. The van der Waals surface area contributed by atoms with Gasteiger partial charge in [0, 0.05) is 56.2 Å². The monoisotopic (exact) mass is 538 g/mol. The molecule has 2 aliphatic rings. The zero-order valence-electron chi connectivity index (χ0n) is 23.9. The first kappa shape index (κ1) is 27.2. The molecule has 1 amide bonds. The molecule has 0 aromatic carbocycles. The number of likely N-dealkylation sites (tertiary alicyclic amines) is 1. The number of nitrogens with one attached hydrogen (secondary N) is 1. The molecule has 2 aliphatic heterocycles. The molecule has 0 spiro atoms. The van der Waals surface area contributed by atoms with Gasteiger partial charge in [-0.3, -0.25) is 0 Å². The summed E-state index contributed by atoms with van der Waals surface area (Å²) in [6, 6.07) is 4.19. The van der Waals surface area contributed by atoms with Crippen LogP contribution >= 0.6 is 0 Å². The van der Waals surface area contributed by atoms with Gasteiger partial charge >= 0.3 is 6.09 Å². The SMILES string of the molecule is CCOC(C)n1cc(-c2ccc3nc(N[C@@H]4CCCN(C(=O)OC(C)(C)C)C4)nn3c2N2CCCCC2)cn1. The van der Waals surface area contributed by atoms with E-state index in [2.05, 4.69) is 21.4 Å². The second-order valence-corrected chi connectivity index (χ2v) is 11.5. The lowest BCUT2D eigenvalue weighted by molar-refractivity contribution is 0.0159. The molecule has 0 bridgehead atoms. The third-order valence-corrected chi connectivity index (χ3v) is 7.23. The minimum Gasteiger partial charge on any atom is -0.444 e. The number of fused-ring (bicyclic) bond motifs is 1. The van der Waals surface area contributed by atoms with Crippen LogP contribution in [-0.2, 0) is 9.47 Å². The lowest BCUT2D eigenvalue weighted by Gasteiger charge is -2.34. The molecule has 39 heavy (non-hydrogen) atoms. The molecule has 11 heteroatoms. The van der Waals surface area contributed by atoms with Crippen molar-refractivity contribution in [1.82, 2.24) is 29.3 Å². The predicted molar refractivity (Wildman–Crippen MR) is 151 cm³/mol. The van der Waals surface area contributed by atoms with Gasteiger partial charge in [0.15, 0.2) is 5.65 Å². The summed E-state index contributed by atoms with van der Waals surface area (Å²) >= 11 is 0. The van der Waals surface area contributed by atoms with Crippen molar-refractivity contribution in [2.45, 2.75) is 84.6 Å². The van der Waals surface area contributed by atoms with Gasteiger partial charge in [0.2, 0.25) is 5.95 Å². The third kappa shape index (κ3) is 6.29. The van der Waals surface area contributed by atoms with Gasteiger partial charge in [-0.2, -0.15) is 14.6 Å². The molecular formula is C28H42N8O3. The molecule has 0 saturated carbocycles. The first-order valence-corrected chi connectivity index (χ1v) is 14.3. The minimum atomic E-state index is -0.513. The van der Waals surface area contributed by atoms with Crippen LogP contribution in [0.3, 0.4) is 0 Å². The Labute approximate surface area is 230 Å². The van der Waals surface area contributed by atoms with Crippen LogP contribution in [0.5, 0.6) is 0 Å². The van der Waals surface area contributed by atoms with Gasteiger partial charge in [-0.05, 0) is 78.9 Å². The predicted octanol–water partition coefficient (Wildman–Crippen LogP) is 4.95. The molecular weight excluding hydrogens is 496 g/mol. The number of carbonyl (C=O) groups excluding carboxylic acids is 1. The summed E-state index contributed by atoms with van der Waals surface area (Å²) in [5.74, 6) is 1.61.